The molecule has 0 atom stereocenters. The van der Waals surface area contributed by atoms with Crippen LogP contribution in [0.3, 0.4) is 0 Å². The molecule has 0 aliphatic rings. The number of nitrogens with two attached hydrogens (primary N) is 1. The first-order chi connectivity index (χ1) is 7.63. The molecule has 0 saturated heterocycles. The Kier molecular flexibility index (Phi) is 5.17. The van der Waals surface area contributed by atoms with Crippen molar-refractivity contribution in [3.63, 3.8) is 0 Å². The number of nitrogen functional groups attached to an aromatic ring is 1. The van der Waals surface area contributed by atoms with E-state index in [1.54, 1.807) is 0 Å². The standard InChI is InChI=1S/C14H24N2/c1-4-5-8-16-13-7-6-12(9-11(2)3)14(15)10-13/h6-7,10-11,16H,4-5,8-9,15H2,1-3H3. The number of nitrogens with one attached hydrogen (secondary N) is 1. The van der Waals surface area contributed by atoms with Gasteiger partial charge in [0.2, 0.25) is 0 Å². The van der Waals surface area contributed by atoms with E-state index in [0.29, 0.717) is 5.92 Å². The summed E-state index contributed by atoms with van der Waals surface area (Å²) in [5.41, 5.74) is 9.34. The third kappa shape index (κ3) is 4.13. The van der Waals surface area contributed by atoms with Gasteiger partial charge in [0.1, 0.15) is 0 Å². The number of anilines is 2. The van der Waals surface area contributed by atoms with Crippen LogP contribution in [0.2, 0.25) is 0 Å². The first-order valence-corrected chi connectivity index (χ1v) is 6.25. The summed E-state index contributed by atoms with van der Waals surface area (Å²) < 4.78 is 0. The Labute approximate surface area is 99.2 Å². The summed E-state index contributed by atoms with van der Waals surface area (Å²) in [5.74, 6) is 0.654. The van der Waals surface area contributed by atoms with Gasteiger partial charge < -0.3 is 11.1 Å². The third-order valence-corrected chi connectivity index (χ3v) is 2.63. The van der Waals surface area contributed by atoms with Gasteiger partial charge in [-0.05, 0) is 36.5 Å². The fourth-order valence-corrected chi connectivity index (χ4v) is 1.74. The molecular weight excluding hydrogens is 196 g/mol. The Bertz CT molecular complexity index is 319. The molecule has 0 radical (unpaired) electrons. The molecule has 1 aromatic rings. The molecule has 0 fully saturated rings. The third-order valence-electron chi connectivity index (χ3n) is 2.63. The fraction of sp³-hybridized carbons (Fsp3) is 0.571. The predicted octanol–water partition coefficient (Wildman–Crippen LogP) is 3.68. The second-order valence-corrected chi connectivity index (χ2v) is 4.79. The van der Waals surface area contributed by atoms with Crippen LogP contribution in [0, 0.1) is 5.92 Å². The normalized spacial score (nSPS) is 10.8. The molecule has 2 heteroatoms. The summed E-state index contributed by atoms with van der Waals surface area (Å²) in [6.07, 6.45) is 3.47. The minimum Gasteiger partial charge on any atom is -0.398 e. The van der Waals surface area contributed by atoms with E-state index in [9.17, 15) is 0 Å². The molecule has 0 amide bonds. The predicted molar refractivity (Wildman–Crippen MR) is 72.8 cm³/mol. The van der Waals surface area contributed by atoms with Crippen LogP contribution in [-0.2, 0) is 6.42 Å². The number of rotatable bonds is 6. The van der Waals surface area contributed by atoms with E-state index in [4.69, 9.17) is 5.73 Å². The molecule has 0 aliphatic carbocycles. The lowest BCUT2D eigenvalue weighted by atomic mass is 10.0. The molecule has 0 spiro atoms. The lowest BCUT2D eigenvalue weighted by molar-refractivity contribution is 0.648. The van der Waals surface area contributed by atoms with E-state index < -0.39 is 0 Å². The van der Waals surface area contributed by atoms with Crippen LogP contribution in [0.5, 0.6) is 0 Å². The van der Waals surface area contributed by atoms with Crippen LogP contribution in [0.4, 0.5) is 11.4 Å². The first kappa shape index (κ1) is 12.9. The molecule has 1 rings (SSSR count). The molecule has 0 aliphatic heterocycles. The second kappa shape index (κ2) is 6.41. The van der Waals surface area contributed by atoms with Gasteiger partial charge in [-0.1, -0.05) is 33.3 Å². The van der Waals surface area contributed by atoms with Crippen molar-refractivity contribution in [2.75, 3.05) is 17.6 Å². The largest absolute Gasteiger partial charge is 0.398 e. The van der Waals surface area contributed by atoms with E-state index in [0.717, 1.165) is 24.3 Å². The summed E-state index contributed by atoms with van der Waals surface area (Å²) in [5, 5.41) is 3.39. The summed E-state index contributed by atoms with van der Waals surface area (Å²) >= 11 is 0. The SMILES string of the molecule is CCCCNc1ccc(CC(C)C)c(N)c1. The highest BCUT2D eigenvalue weighted by atomic mass is 14.9. The van der Waals surface area contributed by atoms with Gasteiger partial charge in [-0.25, -0.2) is 0 Å². The number of unbranched alkanes of at least 4 members (excludes halogenated alkanes) is 1. The van der Waals surface area contributed by atoms with Gasteiger partial charge >= 0.3 is 0 Å². The Morgan fingerprint density at radius 3 is 2.62 bits per heavy atom. The van der Waals surface area contributed by atoms with E-state index in [-0.39, 0.29) is 0 Å². The van der Waals surface area contributed by atoms with Gasteiger partial charge in [0.05, 0.1) is 0 Å². The summed E-state index contributed by atoms with van der Waals surface area (Å²) in [4.78, 5) is 0. The van der Waals surface area contributed by atoms with Crippen LogP contribution < -0.4 is 11.1 Å². The van der Waals surface area contributed by atoms with Gasteiger partial charge in [-0.2, -0.15) is 0 Å². The lowest BCUT2D eigenvalue weighted by Gasteiger charge is -2.11. The molecule has 0 saturated carbocycles. The van der Waals surface area contributed by atoms with Gasteiger partial charge in [0, 0.05) is 17.9 Å². The molecule has 2 nitrogen and oxygen atoms in total. The molecular formula is C14H24N2. The zero-order chi connectivity index (χ0) is 12.0. The quantitative estimate of drug-likeness (QED) is 0.567. The van der Waals surface area contributed by atoms with Crippen molar-refractivity contribution in [3.05, 3.63) is 23.8 Å². The molecule has 0 bridgehead atoms. The Morgan fingerprint density at radius 2 is 2.06 bits per heavy atom. The monoisotopic (exact) mass is 220 g/mol. The van der Waals surface area contributed by atoms with Gasteiger partial charge in [-0.3, -0.25) is 0 Å². The van der Waals surface area contributed by atoms with Crippen molar-refractivity contribution in [2.24, 2.45) is 5.92 Å². The molecule has 0 heterocycles. The Hall–Kier alpha value is -1.18. The highest BCUT2D eigenvalue weighted by Gasteiger charge is 2.03. The maximum Gasteiger partial charge on any atom is 0.0367 e. The van der Waals surface area contributed by atoms with Gasteiger partial charge in [0.25, 0.3) is 0 Å². The van der Waals surface area contributed by atoms with E-state index >= 15 is 0 Å². The summed E-state index contributed by atoms with van der Waals surface area (Å²) in [6.45, 7) is 7.65. The minimum atomic E-state index is 0.654. The Balaban J connectivity index is 2.60. The molecule has 16 heavy (non-hydrogen) atoms. The zero-order valence-corrected chi connectivity index (χ0v) is 10.7. The lowest BCUT2D eigenvalue weighted by Crippen LogP contribution is -2.04. The van der Waals surface area contributed by atoms with Crippen molar-refractivity contribution in [2.45, 2.75) is 40.0 Å². The number of benzene rings is 1. The summed E-state index contributed by atoms with van der Waals surface area (Å²) in [7, 11) is 0. The van der Waals surface area contributed by atoms with E-state index in [1.807, 2.05) is 6.07 Å². The fourth-order valence-electron chi connectivity index (χ4n) is 1.74. The highest BCUT2D eigenvalue weighted by Crippen LogP contribution is 2.20. The highest BCUT2D eigenvalue weighted by molar-refractivity contribution is 5.58. The van der Waals surface area contributed by atoms with E-state index in [2.05, 4.69) is 38.2 Å². The number of hydrogen-bond acceptors (Lipinski definition) is 2. The number of hydrogen-bond donors (Lipinski definition) is 2. The molecule has 0 aromatic heterocycles. The molecule has 0 unspecified atom stereocenters. The zero-order valence-electron chi connectivity index (χ0n) is 10.7. The van der Waals surface area contributed by atoms with Crippen molar-refractivity contribution >= 4 is 11.4 Å². The topological polar surface area (TPSA) is 38.0 Å². The molecule has 90 valence electrons. The van der Waals surface area contributed by atoms with Crippen molar-refractivity contribution < 1.29 is 0 Å². The van der Waals surface area contributed by atoms with Crippen molar-refractivity contribution in [1.29, 1.82) is 0 Å². The van der Waals surface area contributed by atoms with E-state index in [1.165, 1.54) is 18.4 Å². The smallest absolute Gasteiger partial charge is 0.0367 e. The van der Waals surface area contributed by atoms with Gasteiger partial charge in [-0.15, -0.1) is 0 Å². The van der Waals surface area contributed by atoms with Crippen LogP contribution in [0.15, 0.2) is 18.2 Å². The average Bonchev–Trinajstić information content (AvgIpc) is 2.22. The van der Waals surface area contributed by atoms with Crippen LogP contribution in [0.25, 0.3) is 0 Å². The molecule has 1 aromatic carbocycles. The first-order valence-electron chi connectivity index (χ1n) is 6.25. The minimum absolute atomic E-state index is 0.654. The average molecular weight is 220 g/mol. The Morgan fingerprint density at radius 1 is 1.31 bits per heavy atom. The maximum atomic E-state index is 6.03. The van der Waals surface area contributed by atoms with Crippen molar-refractivity contribution in [1.82, 2.24) is 0 Å². The van der Waals surface area contributed by atoms with Gasteiger partial charge in [0.15, 0.2) is 0 Å². The van der Waals surface area contributed by atoms with Crippen LogP contribution >= 0.6 is 0 Å². The van der Waals surface area contributed by atoms with Crippen LogP contribution in [0.1, 0.15) is 39.2 Å². The molecule has 3 N–H and O–H groups in total. The maximum absolute atomic E-state index is 6.03. The summed E-state index contributed by atoms with van der Waals surface area (Å²) in [6, 6.07) is 6.32. The van der Waals surface area contributed by atoms with Crippen molar-refractivity contribution in [3.8, 4) is 0 Å². The van der Waals surface area contributed by atoms with Crippen LogP contribution in [-0.4, -0.2) is 6.54 Å². The second-order valence-electron chi connectivity index (χ2n) is 4.79.